The maximum Gasteiger partial charge on any atom is 0.287 e. The number of benzene rings is 2. The van der Waals surface area contributed by atoms with Crippen molar-refractivity contribution in [3.8, 4) is 5.75 Å². The molecule has 146 valence electrons. The molecule has 1 atom stereocenters. The Morgan fingerprint density at radius 1 is 1.14 bits per heavy atom. The van der Waals surface area contributed by atoms with E-state index < -0.39 is 23.6 Å². The van der Waals surface area contributed by atoms with Crippen LogP contribution in [0.4, 0.5) is 8.78 Å². The summed E-state index contributed by atoms with van der Waals surface area (Å²) in [5.74, 6) is -1.08. The Morgan fingerprint density at radius 2 is 1.89 bits per heavy atom. The number of aliphatic hydroxyl groups excluding tert-OH is 1. The van der Waals surface area contributed by atoms with Crippen molar-refractivity contribution in [2.24, 2.45) is 0 Å². The lowest BCUT2D eigenvalue weighted by molar-refractivity contribution is 0.0883. The van der Waals surface area contributed by atoms with Gasteiger partial charge in [0.25, 0.3) is 5.91 Å². The first-order chi connectivity index (χ1) is 13.4. The van der Waals surface area contributed by atoms with Crippen LogP contribution in [0.25, 0.3) is 0 Å². The van der Waals surface area contributed by atoms with Gasteiger partial charge in [-0.25, -0.2) is 8.78 Å². The summed E-state index contributed by atoms with van der Waals surface area (Å²) in [4.78, 5) is 12.1. The Labute approximate surface area is 168 Å². The van der Waals surface area contributed by atoms with E-state index in [1.165, 1.54) is 6.07 Å². The lowest BCUT2D eigenvalue weighted by Crippen LogP contribution is -2.28. The molecule has 1 aromatic heterocycles. The van der Waals surface area contributed by atoms with E-state index in [0.29, 0.717) is 17.6 Å². The average molecular weight is 452 g/mol. The molecule has 2 aromatic carbocycles. The highest BCUT2D eigenvalue weighted by Gasteiger charge is 2.17. The zero-order valence-corrected chi connectivity index (χ0v) is 16.1. The van der Waals surface area contributed by atoms with E-state index in [9.17, 15) is 18.7 Å². The lowest BCUT2D eigenvalue weighted by atomic mass is 10.1. The van der Waals surface area contributed by atoms with Gasteiger partial charge in [0.1, 0.15) is 29.8 Å². The number of amides is 1. The van der Waals surface area contributed by atoms with Crippen molar-refractivity contribution < 1.29 is 27.8 Å². The first kappa shape index (κ1) is 20.0. The maximum atomic E-state index is 13.7. The second kappa shape index (κ2) is 8.99. The van der Waals surface area contributed by atoms with E-state index in [1.54, 1.807) is 18.2 Å². The van der Waals surface area contributed by atoms with Crippen LogP contribution in [0.5, 0.6) is 5.75 Å². The van der Waals surface area contributed by atoms with E-state index in [0.717, 1.165) is 16.6 Å². The number of nitrogens with one attached hydrogen (secondary N) is 1. The third-order valence-corrected chi connectivity index (χ3v) is 4.39. The second-order valence-corrected chi connectivity index (χ2v) is 6.82. The van der Waals surface area contributed by atoms with E-state index in [4.69, 9.17) is 9.15 Å². The number of furan rings is 1. The molecule has 0 saturated carbocycles. The van der Waals surface area contributed by atoms with Crippen molar-refractivity contribution in [1.29, 1.82) is 0 Å². The van der Waals surface area contributed by atoms with Crippen molar-refractivity contribution in [2.45, 2.75) is 12.7 Å². The summed E-state index contributed by atoms with van der Waals surface area (Å²) < 4.78 is 38.5. The molecule has 0 aliphatic carbocycles. The molecule has 1 unspecified atom stereocenters. The molecule has 0 fully saturated rings. The van der Waals surface area contributed by atoms with Gasteiger partial charge in [0.15, 0.2) is 5.76 Å². The summed E-state index contributed by atoms with van der Waals surface area (Å²) >= 11 is 3.33. The third-order valence-electron chi connectivity index (χ3n) is 3.86. The van der Waals surface area contributed by atoms with Crippen LogP contribution in [0.2, 0.25) is 0 Å². The van der Waals surface area contributed by atoms with Crippen LogP contribution in [0.15, 0.2) is 63.5 Å². The first-order valence-corrected chi connectivity index (χ1v) is 9.10. The van der Waals surface area contributed by atoms with Crippen LogP contribution in [0, 0.1) is 11.6 Å². The molecular weight excluding hydrogens is 436 g/mol. The molecule has 0 bridgehead atoms. The van der Waals surface area contributed by atoms with E-state index in [1.807, 2.05) is 12.1 Å². The van der Waals surface area contributed by atoms with Gasteiger partial charge in [0, 0.05) is 22.6 Å². The summed E-state index contributed by atoms with van der Waals surface area (Å²) in [7, 11) is 0. The molecule has 0 radical (unpaired) electrons. The molecule has 0 spiro atoms. The normalized spacial score (nSPS) is 11.9. The van der Waals surface area contributed by atoms with Crippen LogP contribution >= 0.6 is 15.9 Å². The molecule has 3 aromatic rings. The van der Waals surface area contributed by atoms with Crippen molar-refractivity contribution >= 4 is 21.8 Å². The van der Waals surface area contributed by atoms with Crippen LogP contribution < -0.4 is 10.1 Å². The fraction of sp³-hybridized carbons (Fsp3) is 0.150. The van der Waals surface area contributed by atoms with Crippen molar-refractivity contribution in [3.05, 3.63) is 87.8 Å². The predicted molar refractivity (Wildman–Crippen MR) is 101 cm³/mol. The average Bonchev–Trinajstić information content (AvgIpc) is 3.14. The standard InChI is InChI=1S/C20H16BrF2NO4/c21-12-1-4-14(5-2-12)27-11-15-6-8-19(28-15)20(26)24-10-18(25)16-7-3-13(22)9-17(16)23/h1-9,18,25H,10-11H2,(H,24,26). The van der Waals surface area contributed by atoms with Crippen LogP contribution in [0.3, 0.4) is 0 Å². The van der Waals surface area contributed by atoms with Gasteiger partial charge in [0.05, 0.1) is 6.10 Å². The van der Waals surface area contributed by atoms with Crippen molar-refractivity contribution in [3.63, 3.8) is 0 Å². The fourth-order valence-electron chi connectivity index (χ4n) is 2.42. The summed E-state index contributed by atoms with van der Waals surface area (Å²) in [6, 6.07) is 13.2. The zero-order chi connectivity index (χ0) is 20.1. The molecule has 3 rings (SSSR count). The summed E-state index contributed by atoms with van der Waals surface area (Å²) in [5.41, 5.74) is -0.107. The van der Waals surface area contributed by atoms with Gasteiger partial charge in [0.2, 0.25) is 0 Å². The van der Waals surface area contributed by atoms with E-state index in [2.05, 4.69) is 21.2 Å². The van der Waals surface area contributed by atoms with Gasteiger partial charge in [-0.05, 0) is 42.5 Å². The minimum absolute atomic E-state index is 0.0289. The lowest BCUT2D eigenvalue weighted by Gasteiger charge is -2.12. The molecule has 0 aliphatic rings. The number of aliphatic hydroxyl groups is 1. The highest BCUT2D eigenvalue weighted by Crippen LogP contribution is 2.19. The Bertz CT molecular complexity index is 959. The molecule has 1 amide bonds. The Kier molecular flexibility index (Phi) is 6.43. The van der Waals surface area contributed by atoms with Crippen LogP contribution in [-0.4, -0.2) is 17.6 Å². The predicted octanol–water partition coefficient (Wildman–Crippen LogP) is 4.36. The Balaban J connectivity index is 1.52. The molecule has 5 nitrogen and oxygen atoms in total. The van der Waals surface area contributed by atoms with Gasteiger partial charge >= 0.3 is 0 Å². The van der Waals surface area contributed by atoms with Crippen molar-refractivity contribution in [2.75, 3.05) is 6.54 Å². The molecule has 0 saturated heterocycles. The van der Waals surface area contributed by atoms with Gasteiger partial charge in [-0.1, -0.05) is 22.0 Å². The minimum atomic E-state index is -1.32. The molecular formula is C20H16BrF2NO4. The number of hydrogen-bond acceptors (Lipinski definition) is 4. The van der Waals surface area contributed by atoms with Gasteiger partial charge in [-0.2, -0.15) is 0 Å². The van der Waals surface area contributed by atoms with Crippen molar-refractivity contribution in [1.82, 2.24) is 5.32 Å². The Hall–Kier alpha value is -2.71. The Morgan fingerprint density at radius 3 is 2.61 bits per heavy atom. The minimum Gasteiger partial charge on any atom is -0.486 e. The highest BCUT2D eigenvalue weighted by molar-refractivity contribution is 9.10. The van der Waals surface area contributed by atoms with Gasteiger partial charge in [-0.15, -0.1) is 0 Å². The number of ether oxygens (including phenoxy) is 1. The first-order valence-electron chi connectivity index (χ1n) is 8.30. The van der Waals surface area contributed by atoms with Gasteiger partial charge < -0.3 is 19.6 Å². The number of halogens is 3. The number of rotatable bonds is 7. The smallest absolute Gasteiger partial charge is 0.287 e. The van der Waals surface area contributed by atoms with E-state index in [-0.39, 0.29) is 24.5 Å². The van der Waals surface area contributed by atoms with Gasteiger partial charge in [-0.3, -0.25) is 4.79 Å². The molecule has 2 N–H and O–H groups in total. The summed E-state index contributed by atoms with van der Waals surface area (Å²) in [6.07, 6.45) is -1.32. The zero-order valence-electron chi connectivity index (χ0n) is 14.5. The fourth-order valence-corrected chi connectivity index (χ4v) is 2.69. The monoisotopic (exact) mass is 451 g/mol. The van der Waals surface area contributed by atoms with Crippen LogP contribution in [-0.2, 0) is 6.61 Å². The summed E-state index contributed by atoms with van der Waals surface area (Å²) in [6.45, 7) is -0.120. The molecule has 1 heterocycles. The molecule has 0 aliphatic heterocycles. The SMILES string of the molecule is O=C(NCC(O)c1ccc(F)cc1F)c1ccc(COc2ccc(Br)cc2)o1. The quantitative estimate of drug-likeness (QED) is 0.559. The van der Waals surface area contributed by atoms with Crippen LogP contribution in [0.1, 0.15) is 28.0 Å². The highest BCUT2D eigenvalue weighted by atomic mass is 79.9. The third kappa shape index (κ3) is 5.17. The summed E-state index contributed by atoms with van der Waals surface area (Å²) in [5, 5.41) is 12.4. The molecule has 28 heavy (non-hydrogen) atoms. The number of carbonyl (C=O) groups excluding carboxylic acids is 1. The topological polar surface area (TPSA) is 71.7 Å². The maximum absolute atomic E-state index is 13.7. The number of carbonyl (C=O) groups is 1. The second-order valence-electron chi connectivity index (χ2n) is 5.90. The largest absolute Gasteiger partial charge is 0.486 e. The number of hydrogen-bond donors (Lipinski definition) is 2. The molecule has 8 heteroatoms. The van der Waals surface area contributed by atoms with E-state index >= 15 is 0 Å².